The molecular weight excluding hydrogens is 285 g/mol. The van der Waals surface area contributed by atoms with Crippen LogP contribution in [-0.2, 0) is 0 Å². The van der Waals surface area contributed by atoms with E-state index in [-0.39, 0.29) is 23.0 Å². The number of benzene rings is 2. The van der Waals surface area contributed by atoms with Crippen molar-refractivity contribution in [1.82, 2.24) is 10.1 Å². The van der Waals surface area contributed by atoms with E-state index in [1.165, 1.54) is 12.1 Å². The SMILES string of the molecule is Oc1cccc(-c2noc(-c3cc(F)c(F)c(F)c3)n2)c1. The Kier molecular flexibility index (Phi) is 3.09. The molecule has 0 aliphatic rings. The highest BCUT2D eigenvalue weighted by atomic mass is 19.2. The Hall–Kier alpha value is -2.83. The van der Waals surface area contributed by atoms with Crippen molar-refractivity contribution < 1.29 is 22.8 Å². The minimum Gasteiger partial charge on any atom is -0.508 e. The van der Waals surface area contributed by atoms with Crippen LogP contribution in [0, 0.1) is 17.5 Å². The monoisotopic (exact) mass is 292 g/mol. The third-order valence-corrected chi connectivity index (χ3v) is 2.76. The molecule has 2 aromatic carbocycles. The van der Waals surface area contributed by atoms with E-state index in [2.05, 4.69) is 10.1 Å². The van der Waals surface area contributed by atoms with Gasteiger partial charge in [-0.15, -0.1) is 0 Å². The smallest absolute Gasteiger partial charge is 0.258 e. The number of nitrogens with zero attached hydrogens (tertiary/aromatic N) is 2. The molecule has 0 saturated heterocycles. The lowest BCUT2D eigenvalue weighted by Crippen LogP contribution is -1.92. The lowest BCUT2D eigenvalue weighted by atomic mass is 10.2. The molecule has 0 amide bonds. The summed E-state index contributed by atoms with van der Waals surface area (Å²) in [6.07, 6.45) is 0. The molecule has 4 nitrogen and oxygen atoms in total. The minimum atomic E-state index is -1.56. The van der Waals surface area contributed by atoms with Crippen molar-refractivity contribution in [1.29, 1.82) is 0 Å². The zero-order chi connectivity index (χ0) is 15.0. The van der Waals surface area contributed by atoms with Crippen LogP contribution in [0.15, 0.2) is 40.9 Å². The number of phenolic OH excluding ortho intramolecular Hbond substituents is 1. The summed E-state index contributed by atoms with van der Waals surface area (Å²) >= 11 is 0. The number of hydrogen-bond donors (Lipinski definition) is 1. The predicted octanol–water partition coefficient (Wildman–Crippen LogP) is 3.53. The molecule has 3 rings (SSSR count). The van der Waals surface area contributed by atoms with Crippen LogP contribution in [0.3, 0.4) is 0 Å². The van der Waals surface area contributed by atoms with Gasteiger partial charge in [0.1, 0.15) is 5.75 Å². The molecule has 21 heavy (non-hydrogen) atoms. The Labute approximate surface area is 116 Å². The summed E-state index contributed by atoms with van der Waals surface area (Å²) < 4.78 is 44.1. The summed E-state index contributed by atoms with van der Waals surface area (Å²) in [5, 5.41) is 13.0. The lowest BCUT2D eigenvalue weighted by Gasteiger charge is -1.98. The topological polar surface area (TPSA) is 59.2 Å². The van der Waals surface area contributed by atoms with Crippen LogP contribution >= 0.6 is 0 Å². The molecule has 0 atom stereocenters. The van der Waals surface area contributed by atoms with Crippen molar-refractivity contribution in [3.05, 3.63) is 53.8 Å². The number of halogens is 3. The standard InChI is InChI=1S/C14H7F3N2O2/c15-10-5-8(6-11(16)12(10)17)14-18-13(19-21-14)7-2-1-3-9(20)4-7/h1-6,20H. The van der Waals surface area contributed by atoms with Crippen molar-refractivity contribution in [3.63, 3.8) is 0 Å². The number of phenols is 1. The molecule has 0 unspecified atom stereocenters. The second-order valence-electron chi connectivity index (χ2n) is 4.23. The van der Waals surface area contributed by atoms with Gasteiger partial charge in [0.2, 0.25) is 5.82 Å². The molecule has 1 aromatic heterocycles. The van der Waals surface area contributed by atoms with Gasteiger partial charge in [-0.25, -0.2) is 13.2 Å². The van der Waals surface area contributed by atoms with Gasteiger partial charge in [-0.05, 0) is 24.3 Å². The molecule has 0 fully saturated rings. The van der Waals surface area contributed by atoms with Gasteiger partial charge < -0.3 is 9.63 Å². The number of aromatic hydroxyl groups is 1. The average molecular weight is 292 g/mol. The lowest BCUT2D eigenvalue weighted by molar-refractivity contribution is 0.427. The van der Waals surface area contributed by atoms with Crippen molar-refractivity contribution >= 4 is 0 Å². The number of hydrogen-bond acceptors (Lipinski definition) is 4. The van der Waals surface area contributed by atoms with Crippen molar-refractivity contribution in [2.75, 3.05) is 0 Å². The molecule has 0 spiro atoms. The number of rotatable bonds is 2. The highest BCUT2D eigenvalue weighted by Gasteiger charge is 2.16. The van der Waals surface area contributed by atoms with Gasteiger partial charge in [-0.1, -0.05) is 17.3 Å². The first-order chi connectivity index (χ1) is 10.0. The van der Waals surface area contributed by atoms with Crippen LogP contribution in [0.4, 0.5) is 13.2 Å². The molecule has 0 saturated carbocycles. The van der Waals surface area contributed by atoms with Gasteiger partial charge in [-0.2, -0.15) is 4.98 Å². The van der Waals surface area contributed by atoms with Gasteiger partial charge in [0.15, 0.2) is 17.5 Å². The van der Waals surface area contributed by atoms with E-state index < -0.39 is 17.5 Å². The maximum Gasteiger partial charge on any atom is 0.258 e. The summed E-state index contributed by atoms with van der Waals surface area (Å²) in [4.78, 5) is 3.96. The van der Waals surface area contributed by atoms with Gasteiger partial charge in [0.05, 0.1) is 0 Å². The Morgan fingerprint density at radius 1 is 0.952 bits per heavy atom. The quantitative estimate of drug-likeness (QED) is 0.734. The highest BCUT2D eigenvalue weighted by Crippen LogP contribution is 2.26. The Balaban J connectivity index is 2.02. The Bertz CT molecular complexity index is 794. The van der Waals surface area contributed by atoms with E-state index in [1.807, 2.05) is 0 Å². The van der Waals surface area contributed by atoms with E-state index in [9.17, 15) is 18.3 Å². The zero-order valence-corrected chi connectivity index (χ0v) is 10.3. The Morgan fingerprint density at radius 2 is 1.67 bits per heavy atom. The van der Waals surface area contributed by atoms with Crippen molar-refractivity contribution in [3.8, 4) is 28.6 Å². The van der Waals surface area contributed by atoms with Gasteiger partial charge in [0, 0.05) is 11.1 Å². The first kappa shape index (κ1) is 13.2. The second kappa shape index (κ2) is 4.93. The first-order valence-corrected chi connectivity index (χ1v) is 5.82. The first-order valence-electron chi connectivity index (χ1n) is 5.82. The van der Waals surface area contributed by atoms with Gasteiger partial charge >= 0.3 is 0 Å². The molecular formula is C14H7F3N2O2. The molecule has 1 N–H and O–H groups in total. The Morgan fingerprint density at radius 3 is 2.33 bits per heavy atom. The van der Waals surface area contributed by atoms with E-state index in [0.717, 1.165) is 12.1 Å². The molecule has 1 heterocycles. The predicted molar refractivity (Wildman–Crippen MR) is 66.7 cm³/mol. The maximum absolute atomic E-state index is 13.2. The van der Waals surface area contributed by atoms with Gasteiger partial charge in [0.25, 0.3) is 5.89 Å². The number of aromatic nitrogens is 2. The van der Waals surface area contributed by atoms with Crippen LogP contribution in [0.5, 0.6) is 5.75 Å². The third-order valence-electron chi connectivity index (χ3n) is 2.76. The molecule has 0 aliphatic carbocycles. The third kappa shape index (κ3) is 2.45. The summed E-state index contributed by atoms with van der Waals surface area (Å²) in [5.74, 6) is -4.27. The van der Waals surface area contributed by atoms with Crippen LogP contribution in [0.2, 0.25) is 0 Å². The van der Waals surface area contributed by atoms with Crippen LogP contribution < -0.4 is 0 Å². The van der Waals surface area contributed by atoms with Crippen LogP contribution in [-0.4, -0.2) is 15.2 Å². The van der Waals surface area contributed by atoms with E-state index in [1.54, 1.807) is 12.1 Å². The maximum atomic E-state index is 13.2. The normalized spacial score (nSPS) is 10.8. The van der Waals surface area contributed by atoms with E-state index in [0.29, 0.717) is 5.56 Å². The average Bonchev–Trinajstić information content (AvgIpc) is 2.94. The van der Waals surface area contributed by atoms with E-state index >= 15 is 0 Å². The van der Waals surface area contributed by atoms with Gasteiger partial charge in [-0.3, -0.25) is 0 Å². The second-order valence-corrected chi connectivity index (χ2v) is 4.23. The van der Waals surface area contributed by atoms with Crippen LogP contribution in [0.25, 0.3) is 22.8 Å². The summed E-state index contributed by atoms with van der Waals surface area (Å²) in [6, 6.07) is 7.60. The molecule has 106 valence electrons. The molecule has 3 aromatic rings. The fourth-order valence-corrected chi connectivity index (χ4v) is 1.78. The highest BCUT2D eigenvalue weighted by molar-refractivity contribution is 5.61. The summed E-state index contributed by atoms with van der Waals surface area (Å²) in [5.41, 5.74) is 0.387. The molecule has 0 aliphatic heterocycles. The van der Waals surface area contributed by atoms with Crippen molar-refractivity contribution in [2.24, 2.45) is 0 Å². The zero-order valence-electron chi connectivity index (χ0n) is 10.3. The molecule has 7 heteroatoms. The molecule has 0 radical (unpaired) electrons. The summed E-state index contributed by atoms with van der Waals surface area (Å²) in [6.45, 7) is 0. The minimum absolute atomic E-state index is 0.0118. The molecule has 0 bridgehead atoms. The van der Waals surface area contributed by atoms with Crippen molar-refractivity contribution in [2.45, 2.75) is 0 Å². The summed E-state index contributed by atoms with van der Waals surface area (Å²) in [7, 11) is 0. The van der Waals surface area contributed by atoms with Crippen LogP contribution in [0.1, 0.15) is 0 Å². The fraction of sp³-hybridized carbons (Fsp3) is 0. The fourth-order valence-electron chi connectivity index (χ4n) is 1.78. The van der Waals surface area contributed by atoms with E-state index in [4.69, 9.17) is 4.52 Å². The largest absolute Gasteiger partial charge is 0.508 e.